The summed E-state index contributed by atoms with van der Waals surface area (Å²) in [5.74, 6) is -3.51. The van der Waals surface area contributed by atoms with Gasteiger partial charge in [-0.25, -0.2) is 19.7 Å². The van der Waals surface area contributed by atoms with E-state index in [0.29, 0.717) is 45.3 Å². The summed E-state index contributed by atoms with van der Waals surface area (Å²) in [6.07, 6.45) is 10.4. The molecule has 3 aliphatic carbocycles. The zero-order chi connectivity index (χ0) is 38.2. The molecule has 14 nitrogen and oxygen atoms in total. The minimum absolute atomic E-state index is 0. The topological polar surface area (TPSA) is 194 Å². The maximum Gasteiger partial charge on any atom is 1.00 e. The number of carboxylic acids is 2. The van der Waals surface area contributed by atoms with Gasteiger partial charge >= 0.3 is 69.3 Å². The van der Waals surface area contributed by atoms with Gasteiger partial charge in [-0.2, -0.15) is 0 Å². The molecule has 0 aromatic rings. The second kappa shape index (κ2) is 26.7. The Morgan fingerprint density at radius 2 is 0.941 bits per heavy atom. The van der Waals surface area contributed by atoms with Gasteiger partial charge in [-0.1, -0.05) is 0 Å². The molecule has 0 amide bonds. The number of hydrogen-bond acceptors (Lipinski definition) is 10. The van der Waals surface area contributed by atoms with Crippen LogP contribution in [0.2, 0.25) is 0 Å². The maximum absolute atomic E-state index is 11.3. The van der Waals surface area contributed by atoms with E-state index in [0.717, 1.165) is 57.8 Å². The van der Waals surface area contributed by atoms with Crippen LogP contribution in [-0.4, -0.2) is 76.2 Å². The van der Waals surface area contributed by atoms with Gasteiger partial charge in [0, 0.05) is 89.4 Å². The fourth-order valence-corrected chi connectivity index (χ4v) is 4.61. The van der Waals surface area contributed by atoms with Crippen LogP contribution in [0.1, 0.15) is 136 Å². The number of hydrogen-bond donors (Lipinski definition) is 1. The second-order valence-electron chi connectivity index (χ2n) is 12.8. The Hall–Kier alpha value is -3.00. The molecule has 51 heavy (non-hydrogen) atoms. The number of carbonyl (C=O) groups is 7. The molecule has 0 bridgehead atoms. The van der Waals surface area contributed by atoms with Gasteiger partial charge in [-0.3, -0.25) is 28.8 Å². The quantitative estimate of drug-likeness (QED) is 0.0826. The molecule has 3 rings (SSSR count). The van der Waals surface area contributed by atoms with E-state index in [1.165, 1.54) is 6.92 Å². The second-order valence-corrected chi connectivity index (χ2v) is 12.8. The summed E-state index contributed by atoms with van der Waals surface area (Å²) in [5.41, 5.74) is -0.468. The first kappa shape index (κ1) is 50.1. The molecule has 0 aliphatic heterocycles. The van der Waals surface area contributed by atoms with E-state index >= 15 is 0 Å². The standard InChI is InChI=1S/2C12H17NO3.C8H11NO2.C4H6O3.K/c2*1-3-16-11(15)9-10(14)5-4-6-12(13-2)7-8-12;1-9-8(5-6-8)4-2-3-7(10)11;1-3(5)2-4(6)7;/h2*3-9H2,1H3;2-6H2,(H,10,11);2H2,1H3,(H,6,7);/q;;;;+1/p-1. The zero-order valence-corrected chi connectivity index (χ0v) is 33.6. The number of aliphatic carboxylic acids is 2. The van der Waals surface area contributed by atoms with Crippen molar-refractivity contribution in [2.45, 2.75) is 153 Å². The van der Waals surface area contributed by atoms with E-state index in [-0.39, 0.29) is 105 Å². The van der Waals surface area contributed by atoms with Crippen LogP contribution in [0.3, 0.4) is 0 Å². The van der Waals surface area contributed by atoms with Gasteiger partial charge < -0.3 is 39.0 Å². The van der Waals surface area contributed by atoms with Gasteiger partial charge in [0.15, 0.2) is 0 Å². The SMILES string of the molecule is CC(=O)CC(=O)[O-].[C-]#[N+]C1(CCCC(=O)CC(=O)OCC)CC1.[C-]#[N+]C1(CCCC(=O)CC(=O)OCC)CC1.[C-]#[N+]C1(CCCC(=O)O)CC1.[K+]. The molecule has 15 heteroatoms. The molecular weight excluding hydrogens is 690 g/mol. The van der Waals surface area contributed by atoms with Crippen LogP contribution in [0.5, 0.6) is 0 Å². The summed E-state index contributed by atoms with van der Waals surface area (Å²) in [7, 11) is 0. The normalized spacial score (nSPS) is 15.4. The molecule has 0 aromatic heterocycles. The Kier molecular flexibility index (Phi) is 26.3. The third kappa shape index (κ3) is 26.4. The summed E-state index contributed by atoms with van der Waals surface area (Å²) < 4.78 is 9.37. The van der Waals surface area contributed by atoms with Crippen molar-refractivity contribution in [3.63, 3.8) is 0 Å². The molecule has 0 aromatic carbocycles. The Labute approximate surface area is 343 Å². The van der Waals surface area contributed by atoms with E-state index in [1.54, 1.807) is 13.8 Å². The average molecular weight is 740 g/mol. The van der Waals surface area contributed by atoms with Crippen LogP contribution in [0.25, 0.3) is 14.5 Å². The number of carbonyl (C=O) groups excluding carboxylic acids is 6. The molecular formula is C36H50KN3O11. The van der Waals surface area contributed by atoms with Crippen molar-refractivity contribution in [3.8, 4) is 0 Å². The Bertz CT molecular complexity index is 1240. The number of ketones is 3. The molecule has 276 valence electrons. The number of nitrogens with zero attached hydrogens (tertiary/aromatic N) is 3. The predicted octanol–water partition coefficient (Wildman–Crippen LogP) is 1.67. The van der Waals surface area contributed by atoms with Crippen molar-refractivity contribution < 1.29 is 105 Å². The average Bonchev–Trinajstić information content (AvgIpc) is 3.93. The first-order valence-electron chi connectivity index (χ1n) is 17.0. The Morgan fingerprint density at radius 1 is 0.627 bits per heavy atom. The predicted molar refractivity (Wildman–Crippen MR) is 178 cm³/mol. The minimum Gasteiger partial charge on any atom is -0.550 e. The van der Waals surface area contributed by atoms with E-state index in [1.807, 2.05) is 0 Å². The van der Waals surface area contributed by atoms with Crippen molar-refractivity contribution in [3.05, 3.63) is 34.3 Å². The molecule has 0 heterocycles. The molecule has 0 unspecified atom stereocenters. The summed E-state index contributed by atoms with van der Waals surface area (Å²) >= 11 is 0. The Morgan fingerprint density at radius 3 is 1.14 bits per heavy atom. The van der Waals surface area contributed by atoms with Crippen LogP contribution < -0.4 is 56.5 Å². The monoisotopic (exact) mass is 739 g/mol. The number of ether oxygens (including phenoxy) is 2. The summed E-state index contributed by atoms with van der Waals surface area (Å²) in [6.45, 7) is 26.1. The third-order valence-electron chi connectivity index (χ3n) is 8.11. The van der Waals surface area contributed by atoms with Gasteiger partial charge in [-0.15, -0.1) is 0 Å². The number of esters is 2. The first-order chi connectivity index (χ1) is 23.5. The third-order valence-corrected chi connectivity index (χ3v) is 8.11. The molecule has 3 aliphatic rings. The minimum atomic E-state index is -1.31. The smallest absolute Gasteiger partial charge is 0.550 e. The van der Waals surface area contributed by atoms with Crippen molar-refractivity contribution >= 4 is 41.2 Å². The van der Waals surface area contributed by atoms with Crippen LogP contribution in [0, 0.1) is 19.7 Å². The van der Waals surface area contributed by atoms with Gasteiger partial charge in [0.1, 0.15) is 30.2 Å². The summed E-state index contributed by atoms with van der Waals surface area (Å²) in [5, 5.41) is 17.8. The van der Waals surface area contributed by atoms with Crippen molar-refractivity contribution in [2.75, 3.05) is 13.2 Å². The van der Waals surface area contributed by atoms with Crippen LogP contribution in [0.15, 0.2) is 0 Å². The van der Waals surface area contributed by atoms with Crippen molar-refractivity contribution in [1.29, 1.82) is 0 Å². The zero-order valence-electron chi connectivity index (χ0n) is 30.5. The van der Waals surface area contributed by atoms with E-state index in [4.69, 9.17) is 24.8 Å². The van der Waals surface area contributed by atoms with Gasteiger partial charge in [0.2, 0.25) is 16.6 Å². The van der Waals surface area contributed by atoms with Crippen LogP contribution in [-0.2, 0) is 43.0 Å². The Balaban J connectivity index is 0. The maximum atomic E-state index is 11.3. The largest absolute Gasteiger partial charge is 1.00 e. The molecule has 0 spiro atoms. The number of carboxylic acid groups (broad SMARTS) is 2. The van der Waals surface area contributed by atoms with Crippen molar-refractivity contribution in [1.82, 2.24) is 0 Å². The molecule has 3 fully saturated rings. The van der Waals surface area contributed by atoms with E-state index in [9.17, 15) is 38.7 Å². The fourth-order valence-electron chi connectivity index (χ4n) is 4.61. The number of Topliss-reactive ketones (excluding diaryl/α,β-unsaturated/α-hetero) is 3. The first-order valence-corrected chi connectivity index (χ1v) is 17.0. The molecule has 0 radical (unpaired) electrons. The molecule has 1 N–H and O–H groups in total. The van der Waals surface area contributed by atoms with E-state index in [2.05, 4.69) is 24.0 Å². The van der Waals surface area contributed by atoms with E-state index < -0.39 is 30.3 Å². The van der Waals surface area contributed by atoms with Gasteiger partial charge in [-0.05, 0) is 40.0 Å². The molecule has 0 saturated heterocycles. The van der Waals surface area contributed by atoms with Crippen molar-refractivity contribution in [2.24, 2.45) is 0 Å². The molecule has 0 atom stereocenters. The summed E-state index contributed by atoms with van der Waals surface area (Å²) in [4.78, 5) is 84.7. The fraction of sp³-hybridized carbons (Fsp3) is 0.722. The number of rotatable bonds is 20. The van der Waals surface area contributed by atoms with Gasteiger partial charge in [0.05, 0.1) is 13.2 Å². The van der Waals surface area contributed by atoms with Gasteiger partial charge in [0.25, 0.3) is 0 Å². The molecule has 3 saturated carbocycles. The summed E-state index contributed by atoms with van der Waals surface area (Å²) in [6, 6.07) is 0. The van der Waals surface area contributed by atoms with Crippen LogP contribution >= 0.6 is 0 Å². The van der Waals surface area contributed by atoms with Crippen LogP contribution in [0.4, 0.5) is 0 Å².